The summed E-state index contributed by atoms with van der Waals surface area (Å²) in [4.78, 5) is 4.42. The van der Waals surface area contributed by atoms with E-state index in [0.29, 0.717) is 0 Å². The maximum atomic E-state index is 4.42. The molecule has 0 fully saturated rings. The van der Waals surface area contributed by atoms with E-state index in [1.54, 1.807) is 11.8 Å². The van der Waals surface area contributed by atoms with Crippen LogP contribution in [-0.4, -0.2) is 28.2 Å². The van der Waals surface area contributed by atoms with Gasteiger partial charge in [-0.25, -0.2) is 4.98 Å². The largest absolute Gasteiger partial charge is 0.316 e. The van der Waals surface area contributed by atoms with E-state index in [9.17, 15) is 0 Å². The normalized spacial score (nSPS) is 11.2. The van der Waals surface area contributed by atoms with Crippen molar-refractivity contribution < 1.29 is 0 Å². The maximum Gasteiger partial charge on any atom is 0.170 e. The van der Waals surface area contributed by atoms with Crippen molar-refractivity contribution in [3.8, 4) is 0 Å². The molecular formula is C11H21N3S2. The molecule has 1 heterocycles. The second-order valence-electron chi connectivity index (χ2n) is 4.11. The Morgan fingerprint density at radius 3 is 2.81 bits per heavy atom. The minimum Gasteiger partial charge on any atom is -0.316 e. The van der Waals surface area contributed by atoms with Gasteiger partial charge in [0.25, 0.3) is 0 Å². The van der Waals surface area contributed by atoms with E-state index in [1.165, 1.54) is 18.0 Å². The van der Waals surface area contributed by atoms with E-state index in [2.05, 4.69) is 35.4 Å². The number of hydrogen-bond acceptors (Lipinski definition) is 5. The number of nitrogens with one attached hydrogen (secondary N) is 1. The van der Waals surface area contributed by atoms with E-state index >= 15 is 0 Å². The fourth-order valence-electron chi connectivity index (χ4n) is 1.17. The monoisotopic (exact) mass is 259 g/mol. The molecule has 16 heavy (non-hydrogen) atoms. The molecule has 0 bridgehead atoms. The fourth-order valence-corrected chi connectivity index (χ4v) is 2.83. The van der Waals surface area contributed by atoms with Gasteiger partial charge in [0.2, 0.25) is 0 Å². The third-order valence-corrected chi connectivity index (χ3v) is 4.04. The Morgan fingerprint density at radius 2 is 2.19 bits per heavy atom. The van der Waals surface area contributed by atoms with Gasteiger partial charge in [-0.2, -0.15) is 4.37 Å². The molecule has 3 nitrogen and oxygen atoms in total. The minimum atomic E-state index is 0.787. The van der Waals surface area contributed by atoms with Crippen LogP contribution in [0.5, 0.6) is 0 Å². The van der Waals surface area contributed by atoms with Gasteiger partial charge in [-0.05, 0) is 30.4 Å². The van der Waals surface area contributed by atoms with Crippen molar-refractivity contribution in [2.24, 2.45) is 5.92 Å². The summed E-state index contributed by atoms with van der Waals surface area (Å²) in [7, 11) is 0. The Bertz CT molecular complexity index is 287. The topological polar surface area (TPSA) is 37.8 Å². The lowest BCUT2D eigenvalue weighted by molar-refractivity contribution is 0.547. The molecule has 1 N–H and O–H groups in total. The number of aryl methyl sites for hydroxylation is 1. The molecule has 0 aliphatic carbocycles. The van der Waals surface area contributed by atoms with Crippen molar-refractivity contribution >= 4 is 23.3 Å². The second kappa shape index (κ2) is 8.03. The molecule has 0 saturated heterocycles. The van der Waals surface area contributed by atoms with Gasteiger partial charge >= 0.3 is 0 Å². The standard InChI is InChI=1S/C11H21N3S2/c1-4-10-13-11(16-14-10)15-8-7-12-6-5-9(2)3/h9,12H,4-8H2,1-3H3. The van der Waals surface area contributed by atoms with Gasteiger partial charge in [0.1, 0.15) is 5.82 Å². The van der Waals surface area contributed by atoms with Gasteiger partial charge < -0.3 is 5.32 Å². The van der Waals surface area contributed by atoms with E-state index < -0.39 is 0 Å². The molecule has 0 aliphatic heterocycles. The summed E-state index contributed by atoms with van der Waals surface area (Å²) >= 11 is 3.31. The van der Waals surface area contributed by atoms with Crippen molar-refractivity contribution in [3.63, 3.8) is 0 Å². The molecule has 92 valence electrons. The first-order valence-electron chi connectivity index (χ1n) is 5.88. The molecule has 1 aromatic rings. The Balaban J connectivity index is 2.02. The molecule has 0 atom stereocenters. The van der Waals surface area contributed by atoms with Gasteiger partial charge in [-0.1, -0.05) is 32.5 Å². The number of thioether (sulfide) groups is 1. The molecule has 0 aromatic carbocycles. The zero-order valence-electron chi connectivity index (χ0n) is 10.3. The van der Waals surface area contributed by atoms with Crippen molar-refractivity contribution in [2.75, 3.05) is 18.8 Å². The van der Waals surface area contributed by atoms with E-state index in [4.69, 9.17) is 0 Å². The average molecular weight is 259 g/mol. The summed E-state index contributed by atoms with van der Waals surface area (Å²) in [6.07, 6.45) is 2.19. The zero-order chi connectivity index (χ0) is 11.8. The predicted molar refractivity (Wildman–Crippen MR) is 72.3 cm³/mol. The number of nitrogens with zero attached hydrogens (tertiary/aromatic N) is 2. The lowest BCUT2D eigenvalue weighted by Crippen LogP contribution is -2.19. The third-order valence-electron chi connectivity index (χ3n) is 2.17. The van der Waals surface area contributed by atoms with Crippen molar-refractivity contribution in [1.29, 1.82) is 0 Å². The van der Waals surface area contributed by atoms with Crippen molar-refractivity contribution in [2.45, 2.75) is 38.0 Å². The minimum absolute atomic E-state index is 0.787. The Morgan fingerprint density at radius 1 is 1.38 bits per heavy atom. The zero-order valence-corrected chi connectivity index (χ0v) is 12.0. The van der Waals surface area contributed by atoms with Crippen LogP contribution in [0.3, 0.4) is 0 Å². The molecule has 0 amide bonds. The maximum absolute atomic E-state index is 4.42. The van der Waals surface area contributed by atoms with Crippen LogP contribution >= 0.6 is 23.3 Å². The summed E-state index contributed by atoms with van der Waals surface area (Å²) in [6, 6.07) is 0. The molecule has 0 saturated carbocycles. The van der Waals surface area contributed by atoms with E-state index in [0.717, 1.165) is 41.3 Å². The first kappa shape index (κ1) is 13.9. The van der Waals surface area contributed by atoms with Gasteiger partial charge in [0, 0.05) is 18.7 Å². The summed E-state index contributed by atoms with van der Waals surface area (Å²) in [5, 5.41) is 3.44. The molecule has 1 aromatic heterocycles. The van der Waals surface area contributed by atoms with Crippen LogP contribution < -0.4 is 5.32 Å². The van der Waals surface area contributed by atoms with Gasteiger partial charge in [-0.3, -0.25) is 0 Å². The number of rotatable bonds is 8. The first-order valence-corrected chi connectivity index (χ1v) is 7.64. The SMILES string of the molecule is CCc1nsc(SCCNCCC(C)C)n1. The Hall–Kier alpha value is -0.130. The molecule has 0 spiro atoms. The molecule has 1 rings (SSSR count). The van der Waals surface area contributed by atoms with Crippen LogP contribution in [0.25, 0.3) is 0 Å². The Labute approximate surface area is 107 Å². The molecule has 0 radical (unpaired) electrons. The van der Waals surface area contributed by atoms with Crippen LogP contribution in [0.2, 0.25) is 0 Å². The van der Waals surface area contributed by atoms with Crippen LogP contribution in [-0.2, 0) is 6.42 Å². The first-order chi connectivity index (χ1) is 7.72. The fraction of sp³-hybridized carbons (Fsp3) is 0.818. The van der Waals surface area contributed by atoms with Crippen molar-refractivity contribution in [1.82, 2.24) is 14.7 Å². The quantitative estimate of drug-likeness (QED) is 0.575. The highest BCUT2D eigenvalue weighted by molar-refractivity contribution is 8.00. The summed E-state index contributed by atoms with van der Waals surface area (Å²) in [5.74, 6) is 2.84. The second-order valence-corrected chi connectivity index (χ2v) is 6.20. The average Bonchev–Trinajstić information content (AvgIpc) is 2.70. The summed E-state index contributed by atoms with van der Waals surface area (Å²) < 4.78 is 5.36. The highest BCUT2D eigenvalue weighted by Crippen LogP contribution is 2.19. The number of hydrogen-bond donors (Lipinski definition) is 1. The number of aromatic nitrogens is 2. The lowest BCUT2D eigenvalue weighted by Gasteiger charge is -2.05. The smallest absolute Gasteiger partial charge is 0.170 e. The van der Waals surface area contributed by atoms with E-state index in [1.807, 2.05) is 0 Å². The van der Waals surface area contributed by atoms with Crippen LogP contribution in [0, 0.1) is 5.92 Å². The predicted octanol–water partition coefficient (Wildman–Crippen LogP) is 2.83. The molecule has 0 unspecified atom stereocenters. The van der Waals surface area contributed by atoms with Gasteiger partial charge in [-0.15, -0.1) is 0 Å². The molecular weight excluding hydrogens is 238 g/mol. The van der Waals surface area contributed by atoms with E-state index in [-0.39, 0.29) is 0 Å². The third kappa shape index (κ3) is 5.82. The van der Waals surface area contributed by atoms with Gasteiger partial charge in [0.15, 0.2) is 4.34 Å². The van der Waals surface area contributed by atoms with Crippen molar-refractivity contribution in [3.05, 3.63) is 5.82 Å². The lowest BCUT2D eigenvalue weighted by atomic mass is 10.1. The van der Waals surface area contributed by atoms with Crippen LogP contribution in [0.4, 0.5) is 0 Å². The highest BCUT2D eigenvalue weighted by atomic mass is 32.2. The van der Waals surface area contributed by atoms with Crippen LogP contribution in [0.15, 0.2) is 4.34 Å². The molecule has 5 heteroatoms. The highest BCUT2D eigenvalue weighted by Gasteiger charge is 2.02. The van der Waals surface area contributed by atoms with Crippen LogP contribution in [0.1, 0.15) is 33.0 Å². The van der Waals surface area contributed by atoms with Gasteiger partial charge in [0.05, 0.1) is 0 Å². The summed E-state index contributed by atoms with van der Waals surface area (Å²) in [6.45, 7) is 8.77. The molecule has 0 aliphatic rings. The summed E-state index contributed by atoms with van der Waals surface area (Å²) in [5.41, 5.74) is 0. The Kier molecular flexibility index (Phi) is 7.00.